The zero-order valence-corrected chi connectivity index (χ0v) is 18.7. The summed E-state index contributed by atoms with van der Waals surface area (Å²) < 4.78 is 4.66. The van der Waals surface area contributed by atoms with Gasteiger partial charge in [0.25, 0.3) is 5.91 Å². The first-order valence-electron chi connectivity index (χ1n) is 10.8. The Bertz CT molecular complexity index is 799. The van der Waals surface area contributed by atoms with Crippen LogP contribution in [0.15, 0.2) is 16.8 Å². The standard InChI is InChI=1S/C24H36N2O3/c1-16-17(2)21(15-22-18(3)19(4)24(28)26-22)25-20(16)13-11-9-7-6-8-10-12-14-23(27)29-5/h15,25H,6-14H2,1-5H3,(H,26,28)/b22-15-. The van der Waals surface area contributed by atoms with Crippen molar-refractivity contribution in [2.45, 2.75) is 85.5 Å². The van der Waals surface area contributed by atoms with E-state index in [0.717, 1.165) is 41.8 Å². The molecule has 160 valence electrons. The normalized spacial score (nSPS) is 15.3. The van der Waals surface area contributed by atoms with Crippen molar-refractivity contribution in [2.75, 3.05) is 7.11 Å². The minimum atomic E-state index is -0.103. The Kier molecular flexibility index (Phi) is 8.74. The maximum atomic E-state index is 11.8. The summed E-state index contributed by atoms with van der Waals surface area (Å²) in [4.78, 5) is 26.5. The van der Waals surface area contributed by atoms with Crippen LogP contribution < -0.4 is 5.32 Å². The first-order valence-corrected chi connectivity index (χ1v) is 10.8. The number of hydrogen-bond acceptors (Lipinski definition) is 3. The molecular formula is C24H36N2O3. The molecule has 1 aromatic rings. The number of nitrogens with one attached hydrogen (secondary N) is 2. The molecule has 5 nitrogen and oxygen atoms in total. The molecule has 0 saturated carbocycles. The van der Waals surface area contributed by atoms with Crippen molar-refractivity contribution in [1.29, 1.82) is 0 Å². The van der Waals surface area contributed by atoms with E-state index in [4.69, 9.17) is 0 Å². The molecule has 2 N–H and O–H groups in total. The second-order valence-electron chi connectivity index (χ2n) is 8.08. The number of ether oxygens (including phenoxy) is 1. The number of unbranched alkanes of at least 4 members (excludes halogenated alkanes) is 6. The van der Waals surface area contributed by atoms with Gasteiger partial charge >= 0.3 is 5.97 Å². The van der Waals surface area contributed by atoms with Crippen LogP contribution in [-0.2, 0) is 20.7 Å². The highest BCUT2D eigenvalue weighted by molar-refractivity contribution is 6.00. The highest BCUT2D eigenvalue weighted by Gasteiger charge is 2.21. The van der Waals surface area contributed by atoms with E-state index in [2.05, 4.69) is 35.0 Å². The Morgan fingerprint density at radius 1 is 0.897 bits per heavy atom. The van der Waals surface area contributed by atoms with Crippen LogP contribution >= 0.6 is 0 Å². The van der Waals surface area contributed by atoms with Gasteiger partial charge in [-0.15, -0.1) is 0 Å². The first kappa shape index (κ1) is 23.0. The summed E-state index contributed by atoms with van der Waals surface area (Å²) in [5, 5.41) is 2.95. The van der Waals surface area contributed by atoms with Crippen molar-refractivity contribution < 1.29 is 14.3 Å². The molecule has 0 atom stereocenters. The fraction of sp³-hybridized carbons (Fsp3) is 0.583. The number of carbonyl (C=O) groups is 2. The summed E-state index contributed by atoms with van der Waals surface area (Å²) in [5.74, 6) is -0.103. The van der Waals surface area contributed by atoms with Crippen LogP contribution in [0.3, 0.4) is 0 Å². The summed E-state index contributed by atoms with van der Waals surface area (Å²) >= 11 is 0. The minimum Gasteiger partial charge on any atom is -0.469 e. The van der Waals surface area contributed by atoms with Crippen molar-refractivity contribution in [3.05, 3.63) is 39.4 Å². The lowest BCUT2D eigenvalue weighted by Gasteiger charge is -2.03. The molecule has 29 heavy (non-hydrogen) atoms. The number of esters is 1. The Labute approximate surface area is 175 Å². The molecule has 0 aromatic carbocycles. The molecule has 0 radical (unpaired) electrons. The molecule has 0 spiro atoms. The van der Waals surface area contributed by atoms with Gasteiger partial charge in [0.05, 0.1) is 7.11 Å². The molecule has 0 saturated heterocycles. The van der Waals surface area contributed by atoms with Crippen molar-refractivity contribution in [1.82, 2.24) is 10.3 Å². The average molecular weight is 401 g/mol. The number of carbonyl (C=O) groups excluding carboxylic acids is 2. The zero-order chi connectivity index (χ0) is 21.4. The van der Waals surface area contributed by atoms with Gasteiger partial charge in [-0.1, -0.05) is 32.1 Å². The van der Waals surface area contributed by atoms with Gasteiger partial charge in [0.1, 0.15) is 0 Å². The highest BCUT2D eigenvalue weighted by atomic mass is 16.5. The van der Waals surface area contributed by atoms with Gasteiger partial charge in [0, 0.05) is 29.1 Å². The van der Waals surface area contributed by atoms with Crippen LogP contribution in [0, 0.1) is 13.8 Å². The maximum absolute atomic E-state index is 11.8. The van der Waals surface area contributed by atoms with E-state index < -0.39 is 0 Å². The number of allylic oxidation sites excluding steroid dienone is 1. The van der Waals surface area contributed by atoms with E-state index in [1.165, 1.54) is 56.0 Å². The average Bonchev–Trinajstić information content (AvgIpc) is 3.11. The molecule has 1 aliphatic heterocycles. The molecule has 0 aliphatic carbocycles. The second kappa shape index (κ2) is 11.0. The van der Waals surface area contributed by atoms with E-state index in [-0.39, 0.29) is 11.9 Å². The van der Waals surface area contributed by atoms with E-state index in [1.54, 1.807) is 0 Å². The van der Waals surface area contributed by atoms with Crippen molar-refractivity contribution in [3.63, 3.8) is 0 Å². The Morgan fingerprint density at radius 2 is 1.52 bits per heavy atom. The molecule has 2 rings (SSSR count). The summed E-state index contributed by atoms with van der Waals surface area (Å²) in [6, 6.07) is 0. The van der Waals surface area contributed by atoms with E-state index in [0.29, 0.717) is 6.42 Å². The highest BCUT2D eigenvalue weighted by Crippen LogP contribution is 2.26. The largest absolute Gasteiger partial charge is 0.469 e. The molecule has 2 heterocycles. The predicted octanol–water partition coefficient (Wildman–Crippen LogP) is 5.27. The van der Waals surface area contributed by atoms with E-state index in [9.17, 15) is 9.59 Å². The van der Waals surface area contributed by atoms with Gasteiger partial charge in [0.15, 0.2) is 0 Å². The van der Waals surface area contributed by atoms with Gasteiger partial charge in [-0.05, 0) is 69.7 Å². The van der Waals surface area contributed by atoms with Crippen molar-refractivity contribution in [3.8, 4) is 0 Å². The Morgan fingerprint density at radius 3 is 2.10 bits per heavy atom. The van der Waals surface area contributed by atoms with Crippen LogP contribution in [0.2, 0.25) is 0 Å². The molecule has 1 amide bonds. The lowest BCUT2D eigenvalue weighted by molar-refractivity contribution is -0.140. The fourth-order valence-electron chi connectivity index (χ4n) is 3.70. The minimum absolute atomic E-state index is 0.000186. The van der Waals surface area contributed by atoms with Gasteiger partial charge < -0.3 is 15.0 Å². The Balaban J connectivity index is 1.75. The predicted molar refractivity (Wildman–Crippen MR) is 117 cm³/mol. The third-order valence-corrected chi connectivity index (χ3v) is 6.08. The second-order valence-corrected chi connectivity index (χ2v) is 8.08. The summed E-state index contributed by atoms with van der Waals surface area (Å²) in [5.41, 5.74) is 7.68. The zero-order valence-electron chi connectivity index (χ0n) is 18.7. The maximum Gasteiger partial charge on any atom is 0.305 e. The number of aryl methyl sites for hydroxylation is 1. The summed E-state index contributed by atoms with van der Waals surface area (Å²) in [6.07, 6.45) is 11.7. The third kappa shape index (κ3) is 6.34. The van der Waals surface area contributed by atoms with Gasteiger partial charge in [-0.3, -0.25) is 9.59 Å². The van der Waals surface area contributed by atoms with E-state index >= 15 is 0 Å². The number of methoxy groups -OCH3 is 1. The molecule has 5 heteroatoms. The number of hydrogen-bond donors (Lipinski definition) is 2. The first-order chi connectivity index (χ1) is 13.8. The van der Waals surface area contributed by atoms with Crippen LogP contribution in [0.1, 0.15) is 87.7 Å². The fourth-order valence-corrected chi connectivity index (χ4v) is 3.70. The smallest absolute Gasteiger partial charge is 0.305 e. The number of aromatic amines is 1. The summed E-state index contributed by atoms with van der Waals surface area (Å²) in [6.45, 7) is 8.16. The number of amides is 1. The van der Waals surface area contributed by atoms with Crippen LogP contribution in [0.5, 0.6) is 0 Å². The number of rotatable bonds is 11. The summed E-state index contributed by atoms with van der Waals surface area (Å²) in [7, 11) is 1.45. The quantitative estimate of drug-likeness (QED) is 0.392. The molecular weight excluding hydrogens is 364 g/mol. The van der Waals surface area contributed by atoms with Gasteiger partial charge in [0.2, 0.25) is 0 Å². The van der Waals surface area contributed by atoms with Crippen molar-refractivity contribution in [2.24, 2.45) is 0 Å². The SMILES string of the molecule is COC(=O)CCCCCCCCCc1[nH]c(/C=C2\NC(=O)C(C)=C2C)c(C)c1C. The topological polar surface area (TPSA) is 71.2 Å². The Hall–Kier alpha value is -2.30. The molecule has 1 aliphatic rings. The van der Waals surface area contributed by atoms with Crippen LogP contribution in [-0.4, -0.2) is 24.0 Å². The number of aromatic nitrogens is 1. The molecule has 0 fully saturated rings. The van der Waals surface area contributed by atoms with Gasteiger partial charge in [-0.25, -0.2) is 0 Å². The van der Waals surface area contributed by atoms with Gasteiger partial charge in [-0.2, -0.15) is 0 Å². The number of H-pyrrole nitrogens is 1. The lowest BCUT2D eigenvalue weighted by Crippen LogP contribution is -2.15. The lowest BCUT2D eigenvalue weighted by atomic mass is 10.0. The molecule has 0 unspecified atom stereocenters. The molecule has 1 aromatic heterocycles. The molecule has 0 bridgehead atoms. The third-order valence-electron chi connectivity index (χ3n) is 6.08. The van der Waals surface area contributed by atoms with E-state index in [1.807, 2.05) is 13.8 Å². The monoisotopic (exact) mass is 400 g/mol. The van der Waals surface area contributed by atoms with Crippen LogP contribution in [0.25, 0.3) is 6.08 Å². The van der Waals surface area contributed by atoms with Crippen molar-refractivity contribution >= 4 is 18.0 Å². The van der Waals surface area contributed by atoms with Crippen LogP contribution in [0.4, 0.5) is 0 Å².